The van der Waals surface area contributed by atoms with Crippen LogP contribution in [0.25, 0.3) is 0 Å². The molecule has 0 spiro atoms. The van der Waals surface area contributed by atoms with Gasteiger partial charge in [0.05, 0.1) is 6.61 Å². The van der Waals surface area contributed by atoms with Crippen LogP contribution in [0.1, 0.15) is 62.0 Å². The Morgan fingerprint density at radius 1 is 1.45 bits per heavy atom. The smallest absolute Gasteiger partial charge is 0.266 e. The van der Waals surface area contributed by atoms with Crippen LogP contribution in [0.2, 0.25) is 0 Å². The summed E-state index contributed by atoms with van der Waals surface area (Å²) in [5.41, 5.74) is -0.478. The van der Waals surface area contributed by atoms with Crippen molar-refractivity contribution in [1.29, 1.82) is 0 Å². The number of terminal acetylenes is 1. The third kappa shape index (κ3) is 4.27. The highest BCUT2D eigenvalue weighted by Crippen LogP contribution is 2.30. The molecule has 1 saturated carbocycles. The molecule has 0 radical (unpaired) electrons. The van der Waals surface area contributed by atoms with Gasteiger partial charge in [0.15, 0.2) is 0 Å². The lowest BCUT2D eigenvalue weighted by atomic mass is 9.82. The first-order valence-corrected chi connectivity index (χ1v) is 8.95. The van der Waals surface area contributed by atoms with Crippen molar-refractivity contribution in [3.05, 3.63) is 16.3 Å². The third-order valence-electron chi connectivity index (χ3n) is 4.12. The van der Waals surface area contributed by atoms with E-state index in [2.05, 4.69) is 25.1 Å². The topological polar surface area (TPSA) is 38.3 Å². The summed E-state index contributed by atoms with van der Waals surface area (Å²) in [6, 6.07) is 1.86. The summed E-state index contributed by atoms with van der Waals surface area (Å²) in [4.78, 5) is 13.2. The highest BCUT2D eigenvalue weighted by molar-refractivity contribution is 7.12. The van der Waals surface area contributed by atoms with Crippen molar-refractivity contribution < 1.29 is 9.53 Å². The lowest BCUT2D eigenvalue weighted by Gasteiger charge is -2.33. The van der Waals surface area contributed by atoms with Crippen LogP contribution in [0.4, 0.5) is 0 Å². The fraction of sp³-hybridized carbons (Fsp3) is 0.611. The van der Waals surface area contributed by atoms with Gasteiger partial charge in [-0.05, 0) is 36.6 Å². The summed E-state index contributed by atoms with van der Waals surface area (Å²) in [6.45, 7) is 4.95. The normalized spacial score (nSPS) is 17.0. The van der Waals surface area contributed by atoms with Crippen LogP contribution in [0.3, 0.4) is 0 Å². The molecule has 2 rings (SSSR count). The predicted molar refractivity (Wildman–Crippen MR) is 91.4 cm³/mol. The monoisotopic (exact) mass is 319 g/mol. The van der Waals surface area contributed by atoms with Crippen LogP contribution in [0.15, 0.2) is 11.4 Å². The van der Waals surface area contributed by atoms with Crippen molar-refractivity contribution in [3.8, 4) is 18.1 Å². The van der Waals surface area contributed by atoms with Gasteiger partial charge in [0.2, 0.25) is 0 Å². The van der Waals surface area contributed by atoms with Crippen LogP contribution < -0.4 is 10.1 Å². The maximum Gasteiger partial charge on any atom is 0.266 e. The number of hydrogen-bond donors (Lipinski definition) is 1. The van der Waals surface area contributed by atoms with Crippen LogP contribution >= 0.6 is 11.3 Å². The molecule has 4 heteroatoms. The second-order valence-electron chi connectivity index (χ2n) is 6.39. The number of amides is 1. The molecule has 120 valence electrons. The molecule has 0 aromatic carbocycles. The molecular weight excluding hydrogens is 294 g/mol. The van der Waals surface area contributed by atoms with Crippen molar-refractivity contribution >= 4 is 17.2 Å². The Morgan fingerprint density at radius 3 is 2.82 bits per heavy atom. The zero-order chi connectivity index (χ0) is 16.0. The van der Waals surface area contributed by atoms with E-state index in [0.717, 1.165) is 32.1 Å². The molecule has 1 aliphatic rings. The SMILES string of the molecule is C#CC1(NC(=O)c2sccc2OCCC(C)C)CCCCC1. The maximum atomic E-state index is 12.6. The quantitative estimate of drug-likeness (QED) is 0.797. The molecule has 0 bridgehead atoms. The molecule has 0 aliphatic heterocycles. The van der Waals surface area contributed by atoms with Gasteiger partial charge in [-0.1, -0.05) is 39.0 Å². The molecule has 1 amide bonds. The molecule has 0 saturated heterocycles. The van der Waals surface area contributed by atoms with E-state index in [1.807, 2.05) is 11.4 Å². The Morgan fingerprint density at radius 2 is 2.18 bits per heavy atom. The first kappa shape index (κ1) is 16.9. The Hall–Kier alpha value is -1.47. The minimum atomic E-state index is -0.478. The van der Waals surface area contributed by atoms with Crippen LogP contribution in [-0.2, 0) is 0 Å². The van der Waals surface area contributed by atoms with Crippen molar-refractivity contribution in [3.63, 3.8) is 0 Å². The summed E-state index contributed by atoms with van der Waals surface area (Å²) in [5.74, 6) is 3.98. The first-order chi connectivity index (χ1) is 10.6. The van der Waals surface area contributed by atoms with Crippen LogP contribution in [0, 0.1) is 18.3 Å². The van der Waals surface area contributed by atoms with Gasteiger partial charge in [-0.25, -0.2) is 0 Å². The van der Waals surface area contributed by atoms with E-state index in [-0.39, 0.29) is 5.91 Å². The predicted octanol–water partition coefficient (Wildman–Crippen LogP) is 4.24. The average molecular weight is 319 g/mol. The number of carbonyl (C=O) groups excluding carboxylic acids is 1. The van der Waals surface area contributed by atoms with E-state index >= 15 is 0 Å². The second-order valence-corrected chi connectivity index (χ2v) is 7.30. The van der Waals surface area contributed by atoms with Crippen LogP contribution in [-0.4, -0.2) is 18.1 Å². The summed E-state index contributed by atoms with van der Waals surface area (Å²) in [6.07, 6.45) is 11.8. The van der Waals surface area contributed by atoms with Gasteiger partial charge in [-0.2, -0.15) is 0 Å². The maximum absolute atomic E-state index is 12.6. The zero-order valence-corrected chi connectivity index (χ0v) is 14.3. The highest BCUT2D eigenvalue weighted by Gasteiger charge is 2.32. The van der Waals surface area contributed by atoms with E-state index < -0.39 is 5.54 Å². The fourth-order valence-electron chi connectivity index (χ4n) is 2.72. The molecule has 1 aromatic rings. The minimum absolute atomic E-state index is 0.102. The van der Waals surface area contributed by atoms with Crippen molar-refractivity contribution in [2.24, 2.45) is 5.92 Å². The summed E-state index contributed by atoms with van der Waals surface area (Å²) < 4.78 is 5.76. The second kappa shape index (κ2) is 7.69. The summed E-state index contributed by atoms with van der Waals surface area (Å²) >= 11 is 1.41. The standard InChI is InChI=1S/C18H25NO2S/c1-4-18(10-6-5-7-11-18)19-17(20)16-15(9-13-22-16)21-12-8-14(2)3/h1,9,13-14H,5-8,10-12H2,2-3H3,(H,19,20). The van der Waals surface area contributed by atoms with Crippen molar-refractivity contribution in [2.75, 3.05) is 6.61 Å². The molecule has 1 aliphatic carbocycles. The molecule has 1 fully saturated rings. The summed E-state index contributed by atoms with van der Waals surface area (Å²) in [5, 5.41) is 4.97. The molecule has 0 atom stereocenters. The molecule has 0 unspecified atom stereocenters. The van der Waals surface area contributed by atoms with E-state index in [0.29, 0.717) is 23.2 Å². The molecule has 1 aromatic heterocycles. The molecule has 22 heavy (non-hydrogen) atoms. The lowest BCUT2D eigenvalue weighted by Crippen LogP contribution is -2.48. The van der Waals surface area contributed by atoms with Gasteiger partial charge in [-0.15, -0.1) is 17.8 Å². The average Bonchev–Trinajstić information content (AvgIpc) is 2.96. The number of nitrogens with one attached hydrogen (secondary N) is 1. The van der Waals surface area contributed by atoms with Gasteiger partial charge in [0.1, 0.15) is 16.2 Å². The molecule has 1 N–H and O–H groups in total. The lowest BCUT2D eigenvalue weighted by molar-refractivity contribution is 0.0904. The van der Waals surface area contributed by atoms with Crippen LogP contribution in [0.5, 0.6) is 5.75 Å². The number of ether oxygens (including phenoxy) is 1. The molecule has 1 heterocycles. The van der Waals surface area contributed by atoms with Crippen molar-refractivity contribution in [2.45, 2.75) is 57.9 Å². The zero-order valence-electron chi connectivity index (χ0n) is 13.5. The summed E-state index contributed by atoms with van der Waals surface area (Å²) in [7, 11) is 0. The van der Waals surface area contributed by atoms with Gasteiger partial charge in [0.25, 0.3) is 5.91 Å². The van der Waals surface area contributed by atoms with Crippen molar-refractivity contribution in [1.82, 2.24) is 5.32 Å². The Balaban J connectivity index is 2.00. The number of carbonyl (C=O) groups is 1. The van der Waals surface area contributed by atoms with E-state index in [4.69, 9.17) is 11.2 Å². The van der Waals surface area contributed by atoms with Gasteiger partial charge in [0, 0.05) is 0 Å². The van der Waals surface area contributed by atoms with E-state index in [1.54, 1.807) is 0 Å². The Labute approximate surface area is 137 Å². The number of rotatable bonds is 6. The minimum Gasteiger partial charge on any atom is -0.492 e. The number of hydrogen-bond acceptors (Lipinski definition) is 3. The molecule has 3 nitrogen and oxygen atoms in total. The Bertz CT molecular complexity index is 536. The fourth-order valence-corrected chi connectivity index (χ4v) is 3.45. The van der Waals surface area contributed by atoms with E-state index in [1.165, 1.54) is 17.8 Å². The first-order valence-electron chi connectivity index (χ1n) is 8.07. The van der Waals surface area contributed by atoms with Gasteiger partial charge in [-0.3, -0.25) is 4.79 Å². The largest absolute Gasteiger partial charge is 0.492 e. The third-order valence-corrected chi connectivity index (χ3v) is 5.02. The van der Waals surface area contributed by atoms with Gasteiger partial charge < -0.3 is 10.1 Å². The van der Waals surface area contributed by atoms with E-state index in [9.17, 15) is 4.79 Å². The highest BCUT2D eigenvalue weighted by atomic mass is 32.1. The van der Waals surface area contributed by atoms with Gasteiger partial charge >= 0.3 is 0 Å². The Kier molecular flexibility index (Phi) is 5.90. The molecular formula is C18H25NO2S. The number of thiophene rings is 1.